The summed E-state index contributed by atoms with van der Waals surface area (Å²) in [6.07, 6.45) is 2.10. The van der Waals surface area contributed by atoms with Crippen LogP contribution in [0, 0.1) is 23.7 Å². The predicted octanol–water partition coefficient (Wildman–Crippen LogP) is 1.19. The summed E-state index contributed by atoms with van der Waals surface area (Å²) < 4.78 is 20.3. The van der Waals surface area contributed by atoms with Gasteiger partial charge in [-0.05, 0) is 24.0 Å². The van der Waals surface area contributed by atoms with Gasteiger partial charge in [-0.3, -0.25) is 9.59 Å². The molecule has 0 saturated heterocycles. The Hall–Kier alpha value is -2.04. The first-order chi connectivity index (χ1) is 8.60. The van der Waals surface area contributed by atoms with Crippen LogP contribution in [0.2, 0.25) is 0 Å². The predicted molar refractivity (Wildman–Crippen MR) is 65.5 cm³/mol. The fourth-order valence-electron chi connectivity index (χ4n) is 0.556. The molecule has 0 unspecified atom stereocenters. The van der Waals surface area contributed by atoms with Crippen molar-refractivity contribution in [2.75, 3.05) is 13.2 Å². The molecule has 0 radical (unpaired) electrons. The van der Waals surface area contributed by atoms with E-state index in [2.05, 4.69) is 45.9 Å². The molecule has 0 aromatic carbocycles. The summed E-state index contributed by atoms with van der Waals surface area (Å²) in [5.41, 5.74) is 0. The average molecular weight is 265 g/mol. The van der Waals surface area contributed by atoms with Crippen LogP contribution in [0.5, 0.6) is 0 Å². The molecule has 5 nitrogen and oxygen atoms in total. The molecule has 0 aromatic rings. The van der Waals surface area contributed by atoms with Crippen molar-refractivity contribution in [1.82, 2.24) is 0 Å². The minimum absolute atomic E-state index is 0.214. The van der Waals surface area contributed by atoms with Crippen LogP contribution in [-0.2, 0) is 23.2 Å². The maximum Gasteiger partial charge on any atom is 0.699 e. The largest absolute Gasteiger partial charge is 0.699 e. The van der Waals surface area contributed by atoms with Crippen LogP contribution in [-0.4, -0.2) is 24.8 Å². The van der Waals surface area contributed by atoms with Gasteiger partial charge >= 0.3 is 8.25 Å². The third kappa shape index (κ3) is 9.21. The molecule has 0 aromatic heterocycles. The fourth-order valence-corrected chi connectivity index (χ4v) is 0.970. The van der Waals surface area contributed by atoms with Gasteiger partial charge in [0.15, 0.2) is 13.2 Å². The molecule has 0 aliphatic carbocycles. The standard InChI is InChI=1S/C12H10O5P/c1-3-11(13)7-5-9-16-18(15)17-10-6-8-12(14)4-2/h3-4H,1-2,9-10H2/q+1. The Bertz CT molecular complexity index is 440. The minimum atomic E-state index is -2.38. The minimum Gasteiger partial charge on any atom is -0.280 e. The maximum absolute atomic E-state index is 11.0. The molecule has 18 heavy (non-hydrogen) atoms. The molecular weight excluding hydrogens is 255 g/mol. The van der Waals surface area contributed by atoms with E-state index in [1.165, 1.54) is 0 Å². The van der Waals surface area contributed by atoms with Crippen LogP contribution in [0.25, 0.3) is 0 Å². The first-order valence-corrected chi connectivity index (χ1v) is 5.73. The van der Waals surface area contributed by atoms with Crippen molar-refractivity contribution >= 4 is 19.8 Å². The number of rotatable bonds is 6. The number of allylic oxidation sites excluding steroid dienone is 2. The molecule has 0 aliphatic heterocycles. The van der Waals surface area contributed by atoms with Crippen molar-refractivity contribution in [2.45, 2.75) is 0 Å². The maximum atomic E-state index is 11.0. The highest BCUT2D eigenvalue weighted by Crippen LogP contribution is 2.22. The molecule has 6 heteroatoms. The van der Waals surface area contributed by atoms with Crippen LogP contribution in [0.15, 0.2) is 25.3 Å². The zero-order valence-electron chi connectivity index (χ0n) is 9.47. The van der Waals surface area contributed by atoms with Crippen molar-refractivity contribution in [3.63, 3.8) is 0 Å². The molecule has 0 atom stereocenters. The first kappa shape index (κ1) is 16.0. The normalized spacial score (nSPS) is 8.00. The van der Waals surface area contributed by atoms with Crippen molar-refractivity contribution in [3.05, 3.63) is 25.3 Å². The smallest absolute Gasteiger partial charge is 0.280 e. The lowest BCUT2D eigenvalue weighted by Gasteiger charge is -1.81. The van der Waals surface area contributed by atoms with Gasteiger partial charge in [0.25, 0.3) is 0 Å². The third-order valence-corrected chi connectivity index (χ3v) is 1.96. The molecule has 0 saturated carbocycles. The van der Waals surface area contributed by atoms with Crippen LogP contribution in [0.3, 0.4) is 0 Å². The first-order valence-electron chi connectivity index (χ1n) is 4.63. The summed E-state index contributed by atoms with van der Waals surface area (Å²) >= 11 is 0. The summed E-state index contributed by atoms with van der Waals surface area (Å²) in [4.78, 5) is 21.3. The van der Waals surface area contributed by atoms with Crippen molar-refractivity contribution in [1.29, 1.82) is 0 Å². The SMILES string of the molecule is C=CC(=O)C#CCO[P+](=O)OCC#CC(=O)C=C. The number of hydrogen-bond donors (Lipinski definition) is 0. The lowest BCUT2D eigenvalue weighted by Crippen LogP contribution is -1.90. The zero-order chi connectivity index (χ0) is 13.8. The van der Waals surface area contributed by atoms with E-state index in [4.69, 9.17) is 0 Å². The lowest BCUT2D eigenvalue weighted by atomic mass is 10.4. The molecule has 0 bridgehead atoms. The van der Waals surface area contributed by atoms with Crippen molar-refractivity contribution in [3.8, 4) is 23.7 Å². The summed E-state index contributed by atoms with van der Waals surface area (Å²) in [6, 6.07) is 0. The lowest BCUT2D eigenvalue weighted by molar-refractivity contribution is -0.110. The number of carbonyl (C=O) groups is 2. The Morgan fingerprint density at radius 1 is 1.00 bits per heavy atom. The molecule has 0 aliphatic rings. The molecule has 0 heterocycles. The zero-order valence-corrected chi connectivity index (χ0v) is 10.4. The van der Waals surface area contributed by atoms with Gasteiger partial charge in [-0.2, -0.15) is 0 Å². The Morgan fingerprint density at radius 2 is 1.39 bits per heavy atom. The summed E-state index contributed by atoms with van der Waals surface area (Å²) in [7, 11) is -2.38. The van der Waals surface area contributed by atoms with Gasteiger partial charge in [0.05, 0.1) is 0 Å². The van der Waals surface area contributed by atoms with Gasteiger partial charge in [-0.25, -0.2) is 0 Å². The summed E-state index contributed by atoms with van der Waals surface area (Å²) in [5, 5.41) is 0. The molecule has 0 spiro atoms. The quantitative estimate of drug-likeness (QED) is 0.312. The van der Waals surface area contributed by atoms with E-state index < -0.39 is 19.8 Å². The average Bonchev–Trinajstić information content (AvgIpc) is 2.38. The molecular formula is C12H10O5P+. The van der Waals surface area contributed by atoms with Crippen LogP contribution >= 0.6 is 8.25 Å². The van der Waals surface area contributed by atoms with E-state index in [-0.39, 0.29) is 13.2 Å². The summed E-state index contributed by atoms with van der Waals surface area (Å²) in [5.74, 6) is 8.09. The van der Waals surface area contributed by atoms with E-state index in [9.17, 15) is 14.2 Å². The highest BCUT2D eigenvalue weighted by atomic mass is 31.1. The van der Waals surface area contributed by atoms with Gasteiger partial charge in [-0.15, -0.1) is 9.05 Å². The molecule has 92 valence electrons. The number of hydrogen-bond acceptors (Lipinski definition) is 5. The third-order valence-electron chi connectivity index (χ3n) is 1.28. The highest BCUT2D eigenvalue weighted by Gasteiger charge is 2.18. The second-order valence-corrected chi connectivity index (χ2v) is 3.47. The molecule has 0 amide bonds. The van der Waals surface area contributed by atoms with Gasteiger partial charge in [0.2, 0.25) is 11.6 Å². The second kappa shape index (κ2) is 10.1. The van der Waals surface area contributed by atoms with Gasteiger partial charge in [-0.1, -0.05) is 25.0 Å². The number of carbonyl (C=O) groups excluding carboxylic acids is 2. The number of ketones is 2. The van der Waals surface area contributed by atoms with Crippen molar-refractivity contribution in [2.24, 2.45) is 0 Å². The van der Waals surface area contributed by atoms with Gasteiger partial charge in [0, 0.05) is 4.57 Å². The molecule has 0 rings (SSSR count). The van der Waals surface area contributed by atoms with Gasteiger partial charge < -0.3 is 0 Å². The van der Waals surface area contributed by atoms with Gasteiger partial charge in [0.1, 0.15) is 0 Å². The monoisotopic (exact) mass is 265 g/mol. The molecule has 0 fully saturated rings. The fraction of sp³-hybridized carbons (Fsp3) is 0.167. The van der Waals surface area contributed by atoms with E-state index in [1.54, 1.807) is 0 Å². The Balaban J connectivity index is 3.84. The van der Waals surface area contributed by atoms with Crippen molar-refractivity contribution < 1.29 is 23.2 Å². The van der Waals surface area contributed by atoms with Crippen LogP contribution in [0.1, 0.15) is 0 Å². The second-order valence-electron chi connectivity index (χ2n) is 2.51. The molecule has 0 N–H and O–H groups in total. The van der Waals surface area contributed by atoms with E-state index in [0.717, 1.165) is 12.2 Å². The highest BCUT2D eigenvalue weighted by molar-refractivity contribution is 7.33. The van der Waals surface area contributed by atoms with Crippen LogP contribution in [0.4, 0.5) is 0 Å². The Morgan fingerprint density at radius 3 is 1.72 bits per heavy atom. The summed E-state index contributed by atoms with van der Waals surface area (Å²) in [6.45, 7) is 6.01. The Labute approximate surface area is 106 Å². The topological polar surface area (TPSA) is 69.7 Å². The van der Waals surface area contributed by atoms with E-state index >= 15 is 0 Å². The van der Waals surface area contributed by atoms with E-state index in [0.29, 0.717) is 0 Å². The Kier molecular flexibility index (Phi) is 8.99. The van der Waals surface area contributed by atoms with E-state index in [1.807, 2.05) is 0 Å². The van der Waals surface area contributed by atoms with Crippen LogP contribution < -0.4 is 0 Å².